The van der Waals surface area contributed by atoms with E-state index in [0.717, 1.165) is 74.4 Å². The van der Waals surface area contributed by atoms with Gasteiger partial charge in [0.25, 0.3) is 0 Å². The van der Waals surface area contributed by atoms with Gasteiger partial charge >= 0.3 is 0 Å². The molecule has 1 aliphatic rings. The van der Waals surface area contributed by atoms with Crippen LogP contribution in [-0.2, 0) is 13.0 Å². The zero-order valence-electron chi connectivity index (χ0n) is 19.5. The maximum absolute atomic E-state index is 8.96. The van der Waals surface area contributed by atoms with Gasteiger partial charge in [0.15, 0.2) is 5.82 Å². The molecule has 0 radical (unpaired) electrons. The number of aromatic nitrogens is 4. The van der Waals surface area contributed by atoms with Crippen LogP contribution in [0.2, 0.25) is 5.02 Å². The van der Waals surface area contributed by atoms with Gasteiger partial charge in [-0.2, -0.15) is 0 Å². The molecule has 4 heterocycles. The standard InChI is InChI=1S/C27H24ClN5OS/c1-17-23(13-12-22-11-6-19(15-29-22)5-3-4-14-34)35-27-25(17)26(20-7-9-21(28)10-8-20)30-16-24-32-31-18(2)33(24)27/h6-11,15,34H,3-5,14,16H2,1-2H3. The molecule has 0 amide bonds. The first-order chi connectivity index (χ1) is 17.0. The summed E-state index contributed by atoms with van der Waals surface area (Å²) < 4.78 is 2.09. The van der Waals surface area contributed by atoms with E-state index >= 15 is 0 Å². The Morgan fingerprint density at radius 3 is 2.63 bits per heavy atom. The van der Waals surface area contributed by atoms with E-state index in [1.165, 1.54) is 0 Å². The second-order valence-electron chi connectivity index (χ2n) is 8.39. The second kappa shape index (κ2) is 10.1. The molecule has 5 rings (SSSR count). The number of benzene rings is 1. The van der Waals surface area contributed by atoms with E-state index in [4.69, 9.17) is 21.7 Å². The van der Waals surface area contributed by atoms with Gasteiger partial charge in [-0.1, -0.05) is 29.8 Å². The van der Waals surface area contributed by atoms with Crippen LogP contribution in [0.15, 0.2) is 47.6 Å². The molecule has 3 aromatic heterocycles. The molecule has 35 heavy (non-hydrogen) atoms. The lowest BCUT2D eigenvalue weighted by Gasteiger charge is -2.09. The van der Waals surface area contributed by atoms with Crippen molar-refractivity contribution in [1.82, 2.24) is 19.7 Å². The van der Waals surface area contributed by atoms with Gasteiger partial charge in [-0.15, -0.1) is 21.5 Å². The van der Waals surface area contributed by atoms with Crippen molar-refractivity contribution in [2.75, 3.05) is 6.61 Å². The SMILES string of the molecule is Cc1c(C#Cc2ccc(CCCCO)cn2)sc2c1C(c1ccc(Cl)cc1)=NCc1nnc(C)n1-2. The molecule has 0 bridgehead atoms. The predicted octanol–water partition coefficient (Wildman–Crippen LogP) is 5.06. The topological polar surface area (TPSA) is 76.2 Å². The summed E-state index contributed by atoms with van der Waals surface area (Å²) in [5, 5.41) is 19.3. The predicted molar refractivity (Wildman–Crippen MR) is 140 cm³/mol. The molecule has 176 valence electrons. The first-order valence-electron chi connectivity index (χ1n) is 11.5. The van der Waals surface area contributed by atoms with Gasteiger partial charge in [0.05, 0.1) is 10.6 Å². The van der Waals surface area contributed by atoms with Crippen LogP contribution in [0.1, 0.15) is 57.3 Å². The minimum absolute atomic E-state index is 0.224. The van der Waals surface area contributed by atoms with Gasteiger partial charge < -0.3 is 5.11 Å². The first kappa shape index (κ1) is 23.4. The lowest BCUT2D eigenvalue weighted by molar-refractivity contribution is 0.284. The molecular formula is C27H24ClN5OS. The third kappa shape index (κ3) is 4.78. The number of unbranched alkanes of at least 4 members (excludes halogenated alkanes) is 1. The van der Waals surface area contributed by atoms with E-state index in [-0.39, 0.29) is 6.61 Å². The second-order valence-corrected chi connectivity index (χ2v) is 9.82. The number of aliphatic hydroxyl groups is 1. The number of thiophene rings is 1. The number of rotatable bonds is 5. The summed E-state index contributed by atoms with van der Waals surface area (Å²) in [5.74, 6) is 8.21. The Morgan fingerprint density at radius 1 is 1.06 bits per heavy atom. The Morgan fingerprint density at radius 2 is 1.89 bits per heavy atom. The molecule has 0 saturated carbocycles. The number of fused-ring (bicyclic) bond motifs is 3. The molecule has 0 saturated heterocycles. The van der Waals surface area contributed by atoms with E-state index < -0.39 is 0 Å². The summed E-state index contributed by atoms with van der Waals surface area (Å²) in [6, 6.07) is 11.8. The fraction of sp³-hybridized carbons (Fsp3) is 0.259. The van der Waals surface area contributed by atoms with E-state index in [9.17, 15) is 0 Å². The molecule has 0 unspecified atom stereocenters. The zero-order chi connectivity index (χ0) is 24.4. The average molecular weight is 502 g/mol. The minimum Gasteiger partial charge on any atom is -0.396 e. The third-order valence-corrected chi connectivity index (χ3v) is 7.40. The van der Waals surface area contributed by atoms with Gasteiger partial charge in [0.2, 0.25) is 0 Å². The summed E-state index contributed by atoms with van der Waals surface area (Å²) in [7, 11) is 0. The molecule has 8 heteroatoms. The van der Waals surface area contributed by atoms with Crippen molar-refractivity contribution in [1.29, 1.82) is 0 Å². The van der Waals surface area contributed by atoms with Crippen molar-refractivity contribution in [2.45, 2.75) is 39.7 Å². The number of halogens is 1. The Labute approximate surface area is 213 Å². The lowest BCUT2D eigenvalue weighted by Crippen LogP contribution is -2.07. The Kier molecular flexibility index (Phi) is 6.78. The van der Waals surface area contributed by atoms with Crippen molar-refractivity contribution in [3.8, 4) is 16.8 Å². The van der Waals surface area contributed by atoms with Crippen LogP contribution in [0.5, 0.6) is 0 Å². The van der Waals surface area contributed by atoms with E-state index in [1.807, 2.05) is 43.5 Å². The number of hydrogen-bond donors (Lipinski definition) is 1. The maximum Gasteiger partial charge on any atom is 0.160 e. The fourth-order valence-corrected chi connectivity index (χ4v) is 5.46. The van der Waals surface area contributed by atoms with Crippen molar-refractivity contribution in [2.24, 2.45) is 4.99 Å². The smallest absolute Gasteiger partial charge is 0.160 e. The normalized spacial score (nSPS) is 12.3. The number of pyridine rings is 1. The highest BCUT2D eigenvalue weighted by Crippen LogP contribution is 2.36. The van der Waals surface area contributed by atoms with E-state index in [0.29, 0.717) is 11.6 Å². The lowest BCUT2D eigenvalue weighted by atomic mass is 10.00. The maximum atomic E-state index is 8.96. The number of aliphatic hydroxyl groups excluding tert-OH is 1. The molecule has 1 aliphatic heterocycles. The number of aliphatic imine (C=N–C) groups is 1. The van der Waals surface area contributed by atoms with Crippen LogP contribution >= 0.6 is 22.9 Å². The van der Waals surface area contributed by atoms with Crippen molar-refractivity contribution < 1.29 is 5.11 Å². The highest BCUT2D eigenvalue weighted by molar-refractivity contribution is 7.15. The molecular weight excluding hydrogens is 478 g/mol. The summed E-state index contributed by atoms with van der Waals surface area (Å²) >= 11 is 7.77. The van der Waals surface area contributed by atoms with Crippen LogP contribution in [0.25, 0.3) is 5.00 Å². The monoisotopic (exact) mass is 501 g/mol. The largest absolute Gasteiger partial charge is 0.396 e. The van der Waals surface area contributed by atoms with Crippen LogP contribution in [-0.4, -0.2) is 37.2 Å². The highest BCUT2D eigenvalue weighted by atomic mass is 35.5. The van der Waals surface area contributed by atoms with Crippen molar-refractivity contribution >= 4 is 28.6 Å². The van der Waals surface area contributed by atoms with Crippen LogP contribution < -0.4 is 0 Å². The molecule has 6 nitrogen and oxygen atoms in total. The Hall–Kier alpha value is -3.31. The third-order valence-electron chi connectivity index (χ3n) is 5.96. The molecule has 0 fully saturated rings. The average Bonchev–Trinajstić information content (AvgIpc) is 3.33. The van der Waals surface area contributed by atoms with Crippen molar-refractivity contribution in [3.63, 3.8) is 0 Å². The summed E-state index contributed by atoms with van der Waals surface area (Å²) in [6.45, 7) is 4.73. The molecule has 4 aromatic rings. The molecule has 0 aliphatic carbocycles. The summed E-state index contributed by atoms with van der Waals surface area (Å²) in [5.41, 5.74) is 5.93. The van der Waals surface area contributed by atoms with Gasteiger partial charge in [-0.05, 0) is 74.3 Å². The minimum atomic E-state index is 0.224. The molecule has 0 spiro atoms. The van der Waals surface area contributed by atoms with Gasteiger partial charge in [0, 0.05) is 29.0 Å². The Bertz CT molecular complexity index is 1460. The molecule has 1 N–H and O–H groups in total. The highest BCUT2D eigenvalue weighted by Gasteiger charge is 2.27. The Balaban J connectivity index is 1.54. The number of nitrogens with zero attached hydrogens (tertiary/aromatic N) is 5. The molecule has 1 aromatic carbocycles. The summed E-state index contributed by atoms with van der Waals surface area (Å²) in [6.07, 6.45) is 4.53. The first-order valence-corrected chi connectivity index (χ1v) is 12.7. The fourth-order valence-electron chi connectivity index (χ4n) is 4.11. The van der Waals surface area contributed by atoms with Crippen LogP contribution in [0, 0.1) is 25.7 Å². The molecule has 0 atom stereocenters. The summed E-state index contributed by atoms with van der Waals surface area (Å²) in [4.78, 5) is 10.4. The van der Waals surface area contributed by atoms with Gasteiger partial charge in [-0.25, -0.2) is 4.98 Å². The van der Waals surface area contributed by atoms with Crippen LogP contribution in [0.3, 0.4) is 0 Å². The quantitative estimate of drug-likeness (QED) is 0.306. The van der Waals surface area contributed by atoms with E-state index in [1.54, 1.807) is 11.3 Å². The van der Waals surface area contributed by atoms with E-state index in [2.05, 4.69) is 44.6 Å². The van der Waals surface area contributed by atoms with Gasteiger partial charge in [0.1, 0.15) is 23.1 Å². The van der Waals surface area contributed by atoms with Crippen LogP contribution in [0.4, 0.5) is 0 Å². The number of hydrogen-bond acceptors (Lipinski definition) is 6. The zero-order valence-corrected chi connectivity index (χ0v) is 21.1. The van der Waals surface area contributed by atoms with Gasteiger partial charge in [-0.3, -0.25) is 9.56 Å². The number of aryl methyl sites for hydroxylation is 2. The van der Waals surface area contributed by atoms with Crippen molar-refractivity contribution in [3.05, 3.63) is 92.1 Å².